The van der Waals surface area contributed by atoms with Crippen molar-refractivity contribution in [2.24, 2.45) is 5.92 Å². The minimum atomic E-state index is -0.340. The van der Waals surface area contributed by atoms with E-state index in [9.17, 15) is 9.59 Å². The Kier molecular flexibility index (Phi) is 7.72. The summed E-state index contributed by atoms with van der Waals surface area (Å²) in [4.78, 5) is 26.7. The molecule has 2 unspecified atom stereocenters. The first-order valence-electron chi connectivity index (χ1n) is 8.11. The van der Waals surface area contributed by atoms with Crippen molar-refractivity contribution in [1.82, 2.24) is 10.2 Å². The number of hydrogen-bond acceptors (Lipinski definition) is 3. The van der Waals surface area contributed by atoms with Gasteiger partial charge in [-0.1, -0.05) is 27.2 Å². The van der Waals surface area contributed by atoms with E-state index >= 15 is 0 Å². The Labute approximate surface area is 128 Å². The lowest BCUT2D eigenvalue weighted by atomic mass is 9.96. The summed E-state index contributed by atoms with van der Waals surface area (Å²) >= 11 is 0. The molecule has 122 valence electrons. The molecule has 0 saturated carbocycles. The van der Waals surface area contributed by atoms with Crippen LogP contribution in [0.15, 0.2) is 0 Å². The summed E-state index contributed by atoms with van der Waals surface area (Å²) in [5.74, 6) is 0.478. The molecule has 2 atom stereocenters. The molecule has 1 aliphatic rings. The first-order chi connectivity index (χ1) is 10.0. The van der Waals surface area contributed by atoms with Gasteiger partial charge in [0.15, 0.2) is 0 Å². The fourth-order valence-electron chi connectivity index (χ4n) is 2.78. The summed E-state index contributed by atoms with van der Waals surface area (Å²) in [6.07, 6.45) is 4.12. The van der Waals surface area contributed by atoms with Gasteiger partial charge in [0.1, 0.15) is 12.1 Å². The number of unbranched alkanes of at least 4 members (excludes halogenated alkanes) is 1. The van der Waals surface area contributed by atoms with E-state index in [0.717, 1.165) is 25.7 Å². The average Bonchev–Trinajstić information content (AvgIpc) is 2.43. The van der Waals surface area contributed by atoms with Crippen LogP contribution in [-0.2, 0) is 14.3 Å². The maximum absolute atomic E-state index is 12.6. The van der Waals surface area contributed by atoms with Gasteiger partial charge in [-0.3, -0.25) is 9.59 Å². The Hall–Kier alpha value is -1.10. The third kappa shape index (κ3) is 5.30. The number of rotatable bonds is 9. The Morgan fingerprint density at radius 1 is 1.29 bits per heavy atom. The molecular weight excluding hydrogens is 268 g/mol. The molecule has 1 aliphatic heterocycles. The van der Waals surface area contributed by atoms with Gasteiger partial charge in [-0.15, -0.1) is 0 Å². The molecule has 0 aromatic heterocycles. The van der Waals surface area contributed by atoms with Crippen molar-refractivity contribution in [2.45, 2.75) is 65.0 Å². The first kappa shape index (κ1) is 18.0. The van der Waals surface area contributed by atoms with Crippen molar-refractivity contribution in [3.05, 3.63) is 0 Å². The van der Waals surface area contributed by atoms with Crippen LogP contribution in [0.3, 0.4) is 0 Å². The smallest absolute Gasteiger partial charge is 0.245 e. The highest BCUT2D eigenvalue weighted by atomic mass is 16.5. The number of piperazine rings is 1. The normalized spacial score (nSPS) is 22.8. The molecule has 0 radical (unpaired) electrons. The van der Waals surface area contributed by atoms with Crippen molar-refractivity contribution in [3.63, 3.8) is 0 Å². The largest absolute Gasteiger partial charge is 0.385 e. The lowest BCUT2D eigenvalue weighted by molar-refractivity contribution is -0.150. The van der Waals surface area contributed by atoms with E-state index in [1.165, 1.54) is 0 Å². The van der Waals surface area contributed by atoms with Crippen LogP contribution < -0.4 is 5.32 Å². The molecule has 1 saturated heterocycles. The Morgan fingerprint density at radius 2 is 2.00 bits per heavy atom. The lowest BCUT2D eigenvalue weighted by Crippen LogP contribution is -2.63. The monoisotopic (exact) mass is 298 g/mol. The quantitative estimate of drug-likeness (QED) is 0.662. The van der Waals surface area contributed by atoms with E-state index < -0.39 is 0 Å². The van der Waals surface area contributed by atoms with Gasteiger partial charge in [0.25, 0.3) is 0 Å². The van der Waals surface area contributed by atoms with Gasteiger partial charge in [-0.2, -0.15) is 0 Å². The molecule has 5 nitrogen and oxygen atoms in total. The van der Waals surface area contributed by atoms with Crippen molar-refractivity contribution in [3.8, 4) is 0 Å². The van der Waals surface area contributed by atoms with Crippen LogP contribution in [0.4, 0.5) is 0 Å². The second-order valence-corrected chi connectivity index (χ2v) is 6.23. The molecule has 0 aliphatic carbocycles. The number of methoxy groups -OCH3 is 1. The van der Waals surface area contributed by atoms with Gasteiger partial charge in [0, 0.05) is 20.3 Å². The van der Waals surface area contributed by atoms with Crippen LogP contribution in [0.1, 0.15) is 52.9 Å². The fraction of sp³-hybridized carbons (Fsp3) is 0.875. The highest BCUT2D eigenvalue weighted by Gasteiger charge is 2.39. The third-order valence-corrected chi connectivity index (χ3v) is 3.85. The fourth-order valence-corrected chi connectivity index (χ4v) is 2.78. The number of carbonyl (C=O) groups is 2. The van der Waals surface area contributed by atoms with Crippen LogP contribution in [-0.4, -0.2) is 49.1 Å². The molecule has 0 spiro atoms. The maximum Gasteiger partial charge on any atom is 0.245 e. The summed E-state index contributed by atoms with van der Waals surface area (Å²) in [6, 6.07) is -0.651. The molecule has 1 rings (SSSR count). The Bertz CT molecular complexity index is 344. The van der Waals surface area contributed by atoms with Crippen molar-refractivity contribution in [2.75, 3.05) is 20.3 Å². The predicted octanol–water partition coefficient (Wildman–Crippen LogP) is 1.95. The number of nitrogens with one attached hydrogen (secondary N) is 1. The molecule has 5 heteroatoms. The summed E-state index contributed by atoms with van der Waals surface area (Å²) < 4.78 is 5.05. The number of ether oxygens (including phenoxy) is 1. The highest BCUT2D eigenvalue weighted by Crippen LogP contribution is 2.20. The van der Waals surface area contributed by atoms with Crippen molar-refractivity contribution < 1.29 is 14.3 Å². The van der Waals surface area contributed by atoms with E-state index in [-0.39, 0.29) is 23.9 Å². The van der Waals surface area contributed by atoms with Gasteiger partial charge in [-0.05, 0) is 31.6 Å². The molecule has 1 fully saturated rings. The number of nitrogens with zero attached hydrogens (tertiary/aromatic N) is 1. The molecule has 1 N–H and O–H groups in total. The van der Waals surface area contributed by atoms with Crippen LogP contribution in [0.5, 0.6) is 0 Å². The third-order valence-electron chi connectivity index (χ3n) is 3.85. The molecule has 0 bridgehead atoms. The summed E-state index contributed by atoms with van der Waals surface area (Å²) in [5.41, 5.74) is 0. The molecule has 1 heterocycles. The SMILES string of the molecule is CCCC1NC(=O)C(CC(C)C)N(CCCCOC)C1=O. The van der Waals surface area contributed by atoms with Crippen molar-refractivity contribution in [1.29, 1.82) is 0 Å². The Balaban J connectivity index is 2.74. The van der Waals surface area contributed by atoms with Crippen LogP contribution in [0.2, 0.25) is 0 Å². The van der Waals surface area contributed by atoms with E-state index in [0.29, 0.717) is 25.5 Å². The molecule has 0 aromatic carbocycles. The van der Waals surface area contributed by atoms with E-state index in [4.69, 9.17) is 4.74 Å². The summed E-state index contributed by atoms with van der Waals surface area (Å²) in [5, 5.41) is 2.90. The maximum atomic E-state index is 12.6. The Morgan fingerprint density at radius 3 is 2.57 bits per heavy atom. The zero-order valence-corrected chi connectivity index (χ0v) is 13.9. The number of hydrogen-bond donors (Lipinski definition) is 1. The second-order valence-electron chi connectivity index (χ2n) is 6.23. The second kappa shape index (κ2) is 9.03. The van der Waals surface area contributed by atoms with Crippen LogP contribution >= 0.6 is 0 Å². The van der Waals surface area contributed by atoms with E-state index in [2.05, 4.69) is 19.2 Å². The van der Waals surface area contributed by atoms with Gasteiger partial charge in [0.05, 0.1) is 0 Å². The summed E-state index contributed by atoms with van der Waals surface area (Å²) in [7, 11) is 1.68. The van der Waals surface area contributed by atoms with E-state index in [1.54, 1.807) is 12.0 Å². The van der Waals surface area contributed by atoms with Gasteiger partial charge in [-0.25, -0.2) is 0 Å². The average molecular weight is 298 g/mol. The molecular formula is C16H30N2O3. The minimum Gasteiger partial charge on any atom is -0.385 e. The van der Waals surface area contributed by atoms with Gasteiger partial charge < -0.3 is 15.0 Å². The highest BCUT2D eigenvalue weighted by molar-refractivity contribution is 5.96. The predicted molar refractivity (Wildman–Crippen MR) is 82.9 cm³/mol. The number of carbonyl (C=O) groups excluding carboxylic acids is 2. The first-order valence-corrected chi connectivity index (χ1v) is 8.11. The zero-order valence-electron chi connectivity index (χ0n) is 13.9. The number of amides is 2. The molecule has 0 aromatic rings. The zero-order chi connectivity index (χ0) is 15.8. The van der Waals surface area contributed by atoms with Crippen LogP contribution in [0, 0.1) is 5.92 Å². The van der Waals surface area contributed by atoms with Gasteiger partial charge in [0.2, 0.25) is 11.8 Å². The molecule has 21 heavy (non-hydrogen) atoms. The van der Waals surface area contributed by atoms with E-state index in [1.807, 2.05) is 6.92 Å². The summed E-state index contributed by atoms with van der Waals surface area (Å²) in [6.45, 7) is 7.54. The minimum absolute atomic E-state index is 0.00786. The van der Waals surface area contributed by atoms with Crippen molar-refractivity contribution >= 4 is 11.8 Å². The topological polar surface area (TPSA) is 58.6 Å². The van der Waals surface area contributed by atoms with Gasteiger partial charge >= 0.3 is 0 Å². The standard InChI is InChI=1S/C16H30N2O3/c1-5-8-13-16(20)18(9-6-7-10-21-4)14(11-12(2)3)15(19)17-13/h12-14H,5-11H2,1-4H3,(H,17,19). The lowest BCUT2D eigenvalue weighted by Gasteiger charge is -2.39. The van der Waals surface area contributed by atoms with Crippen LogP contribution in [0.25, 0.3) is 0 Å². The molecule has 2 amide bonds.